The maximum atomic E-state index is 12.3. The van der Waals surface area contributed by atoms with E-state index in [1.807, 2.05) is 0 Å². The normalized spacial score (nSPS) is 23.2. The van der Waals surface area contributed by atoms with E-state index >= 15 is 0 Å². The van der Waals surface area contributed by atoms with Crippen LogP contribution in [0.5, 0.6) is 0 Å². The van der Waals surface area contributed by atoms with E-state index in [2.05, 4.69) is 4.90 Å². The molecule has 1 atom stereocenters. The molecule has 0 spiro atoms. The molecule has 0 radical (unpaired) electrons. The van der Waals surface area contributed by atoms with Gasteiger partial charge in [-0.05, 0) is 37.4 Å². The van der Waals surface area contributed by atoms with Gasteiger partial charge in [0.1, 0.15) is 0 Å². The van der Waals surface area contributed by atoms with Gasteiger partial charge in [0, 0.05) is 13.2 Å². The number of carbonyl (C=O) groups is 2. The summed E-state index contributed by atoms with van der Waals surface area (Å²) in [5.41, 5.74) is 0.987. The number of piperidine rings is 1. The number of carbonyl (C=O) groups excluding carboxylic acids is 2. The van der Waals surface area contributed by atoms with E-state index in [9.17, 15) is 14.7 Å². The number of fused-ring (bicyclic) bond motifs is 1. The van der Waals surface area contributed by atoms with Crippen LogP contribution in [0.4, 0.5) is 0 Å². The number of aliphatic hydroxyl groups excluding tert-OH is 1. The Labute approximate surface area is 117 Å². The highest BCUT2D eigenvalue weighted by Crippen LogP contribution is 2.24. The van der Waals surface area contributed by atoms with Crippen molar-refractivity contribution in [1.29, 1.82) is 0 Å². The molecule has 3 rings (SSSR count). The molecule has 5 nitrogen and oxygen atoms in total. The van der Waals surface area contributed by atoms with E-state index in [0.29, 0.717) is 17.8 Å². The molecule has 2 aliphatic rings. The van der Waals surface area contributed by atoms with Gasteiger partial charge in [0.25, 0.3) is 11.8 Å². The molecule has 1 aromatic rings. The summed E-state index contributed by atoms with van der Waals surface area (Å²) in [6, 6.07) is 6.94. The van der Waals surface area contributed by atoms with Crippen LogP contribution in [0.1, 0.15) is 33.6 Å². The summed E-state index contributed by atoms with van der Waals surface area (Å²) in [5, 5.41) is 9.24. The SMILES string of the molecule is O=C1c2ccccc2C(=O)N1CN1CCCC(CO)C1. The van der Waals surface area contributed by atoms with Crippen LogP contribution in [0.15, 0.2) is 24.3 Å². The smallest absolute Gasteiger partial charge is 0.262 e. The van der Waals surface area contributed by atoms with Crippen LogP contribution in [-0.4, -0.2) is 53.1 Å². The van der Waals surface area contributed by atoms with Gasteiger partial charge in [0.05, 0.1) is 17.8 Å². The summed E-state index contributed by atoms with van der Waals surface area (Å²) in [6.07, 6.45) is 2.00. The molecule has 0 aromatic heterocycles. The van der Waals surface area contributed by atoms with Crippen molar-refractivity contribution >= 4 is 11.8 Å². The first-order valence-electron chi connectivity index (χ1n) is 6.99. The molecule has 5 heteroatoms. The topological polar surface area (TPSA) is 60.9 Å². The number of hydrogen-bond donors (Lipinski definition) is 1. The molecule has 1 N–H and O–H groups in total. The Balaban J connectivity index is 1.73. The lowest BCUT2D eigenvalue weighted by Gasteiger charge is -2.33. The van der Waals surface area contributed by atoms with Crippen molar-refractivity contribution in [1.82, 2.24) is 9.80 Å². The second-order valence-electron chi connectivity index (χ2n) is 5.49. The number of hydrogen-bond acceptors (Lipinski definition) is 4. The maximum Gasteiger partial charge on any atom is 0.262 e. The molecular formula is C15H18N2O3. The monoisotopic (exact) mass is 274 g/mol. The van der Waals surface area contributed by atoms with Gasteiger partial charge in [-0.3, -0.25) is 19.4 Å². The van der Waals surface area contributed by atoms with Gasteiger partial charge in [-0.15, -0.1) is 0 Å². The van der Waals surface area contributed by atoms with Gasteiger partial charge in [-0.1, -0.05) is 12.1 Å². The van der Waals surface area contributed by atoms with Crippen LogP contribution in [0.25, 0.3) is 0 Å². The van der Waals surface area contributed by atoms with Gasteiger partial charge in [-0.2, -0.15) is 0 Å². The molecule has 1 aromatic carbocycles. The lowest BCUT2D eigenvalue weighted by molar-refractivity contribution is 0.0441. The van der Waals surface area contributed by atoms with Crippen molar-refractivity contribution in [2.24, 2.45) is 5.92 Å². The van der Waals surface area contributed by atoms with E-state index in [1.54, 1.807) is 24.3 Å². The highest BCUT2D eigenvalue weighted by atomic mass is 16.3. The molecular weight excluding hydrogens is 256 g/mol. The molecule has 0 aliphatic carbocycles. The van der Waals surface area contributed by atoms with E-state index in [-0.39, 0.29) is 24.3 Å². The highest BCUT2D eigenvalue weighted by Gasteiger charge is 2.36. The molecule has 2 amide bonds. The molecule has 1 saturated heterocycles. The first-order valence-corrected chi connectivity index (χ1v) is 6.99. The minimum Gasteiger partial charge on any atom is -0.396 e. The quantitative estimate of drug-likeness (QED) is 0.834. The van der Waals surface area contributed by atoms with Crippen molar-refractivity contribution in [3.63, 3.8) is 0 Å². The summed E-state index contributed by atoms with van der Waals surface area (Å²) in [6.45, 7) is 2.09. The number of aliphatic hydroxyl groups is 1. The first kappa shape index (κ1) is 13.3. The third-order valence-electron chi connectivity index (χ3n) is 4.08. The standard InChI is InChI=1S/C15H18N2O3/c18-9-11-4-3-7-16(8-11)10-17-14(19)12-5-1-2-6-13(12)15(17)20/h1-2,5-6,11,18H,3-4,7-10H2. The number of imide groups is 1. The largest absolute Gasteiger partial charge is 0.396 e. The molecule has 2 aliphatic heterocycles. The van der Waals surface area contributed by atoms with E-state index in [1.165, 1.54) is 4.90 Å². The average Bonchev–Trinajstić information content (AvgIpc) is 2.73. The zero-order chi connectivity index (χ0) is 14.1. The van der Waals surface area contributed by atoms with Gasteiger partial charge in [-0.25, -0.2) is 0 Å². The third-order valence-corrected chi connectivity index (χ3v) is 4.08. The second-order valence-corrected chi connectivity index (χ2v) is 5.49. The van der Waals surface area contributed by atoms with Crippen molar-refractivity contribution in [2.45, 2.75) is 12.8 Å². The lowest BCUT2D eigenvalue weighted by atomic mass is 9.99. The molecule has 1 fully saturated rings. The van der Waals surface area contributed by atoms with Crippen LogP contribution in [0, 0.1) is 5.92 Å². The zero-order valence-corrected chi connectivity index (χ0v) is 11.3. The Morgan fingerprint density at radius 3 is 2.40 bits per heavy atom. The fourth-order valence-corrected chi connectivity index (χ4v) is 3.00. The predicted molar refractivity (Wildman–Crippen MR) is 73.2 cm³/mol. The predicted octanol–water partition coefficient (Wildman–Crippen LogP) is 0.944. The van der Waals surface area contributed by atoms with E-state index in [4.69, 9.17) is 0 Å². The van der Waals surface area contributed by atoms with Gasteiger partial charge >= 0.3 is 0 Å². The molecule has 0 saturated carbocycles. The molecule has 1 unspecified atom stereocenters. The third kappa shape index (κ3) is 2.23. The number of nitrogens with zero attached hydrogens (tertiary/aromatic N) is 2. The summed E-state index contributed by atoms with van der Waals surface area (Å²) >= 11 is 0. The fourth-order valence-electron chi connectivity index (χ4n) is 3.00. The zero-order valence-electron chi connectivity index (χ0n) is 11.3. The van der Waals surface area contributed by atoms with Crippen LogP contribution < -0.4 is 0 Å². The Bertz CT molecular complexity index is 509. The van der Waals surface area contributed by atoms with Crippen LogP contribution in [-0.2, 0) is 0 Å². The summed E-state index contributed by atoms with van der Waals surface area (Å²) in [5.74, 6) is -0.174. The van der Waals surface area contributed by atoms with Gasteiger partial charge in [0.2, 0.25) is 0 Å². The minimum absolute atomic E-state index is 0.165. The van der Waals surface area contributed by atoms with Crippen LogP contribution >= 0.6 is 0 Å². The van der Waals surface area contributed by atoms with Crippen molar-refractivity contribution in [3.05, 3.63) is 35.4 Å². The van der Waals surface area contributed by atoms with E-state index in [0.717, 1.165) is 25.9 Å². The summed E-state index contributed by atoms with van der Waals surface area (Å²) in [7, 11) is 0. The van der Waals surface area contributed by atoms with Crippen LogP contribution in [0.3, 0.4) is 0 Å². The highest BCUT2D eigenvalue weighted by molar-refractivity contribution is 6.21. The van der Waals surface area contributed by atoms with E-state index < -0.39 is 0 Å². The number of benzene rings is 1. The summed E-state index contributed by atoms with van der Waals surface area (Å²) in [4.78, 5) is 27.9. The second kappa shape index (κ2) is 5.34. The van der Waals surface area contributed by atoms with Crippen molar-refractivity contribution in [3.8, 4) is 0 Å². The fraction of sp³-hybridized carbons (Fsp3) is 0.467. The van der Waals surface area contributed by atoms with Gasteiger partial charge < -0.3 is 5.11 Å². The van der Waals surface area contributed by atoms with Gasteiger partial charge in [0.15, 0.2) is 0 Å². The molecule has 20 heavy (non-hydrogen) atoms. The lowest BCUT2D eigenvalue weighted by Crippen LogP contribution is -2.46. The average molecular weight is 274 g/mol. The molecule has 2 heterocycles. The number of amides is 2. The Hall–Kier alpha value is -1.72. The van der Waals surface area contributed by atoms with Crippen molar-refractivity contribution in [2.75, 3.05) is 26.4 Å². The Morgan fingerprint density at radius 1 is 1.15 bits per heavy atom. The molecule has 106 valence electrons. The van der Waals surface area contributed by atoms with Crippen LogP contribution in [0.2, 0.25) is 0 Å². The maximum absolute atomic E-state index is 12.3. The summed E-state index contributed by atoms with van der Waals surface area (Å²) < 4.78 is 0. The Morgan fingerprint density at radius 2 is 1.80 bits per heavy atom. The molecule has 0 bridgehead atoms. The number of rotatable bonds is 3. The first-order chi connectivity index (χ1) is 9.70. The number of likely N-dealkylation sites (tertiary alicyclic amines) is 1. The minimum atomic E-state index is -0.211. The Kier molecular flexibility index (Phi) is 3.54. The van der Waals surface area contributed by atoms with Crippen molar-refractivity contribution < 1.29 is 14.7 Å².